The van der Waals surface area contributed by atoms with Gasteiger partial charge in [0.2, 0.25) is 5.91 Å². The molecule has 3 heterocycles. The minimum atomic E-state index is 0.113. The van der Waals surface area contributed by atoms with E-state index >= 15 is 0 Å². The van der Waals surface area contributed by atoms with Gasteiger partial charge >= 0.3 is 0 Å². The third-order valence-electron chi connectivity index (χ3n) is 7.49. The van der Waals surface area contributed by atoms with Gasteiger partial charge in [-0.1, -0.05) is 24.6 Å². The van der Waals surface area contributed by atoms with Gasteiger partial charge in [-0.25, -0.2) is 0 Å². The van der Waals surface area contributed by atoms with E-state index < -0.39 is 0 Å². The fourth-order valence-electron chi connectivity index (χ4n) is 5.75. The van der Waals surface area contributed by atoms with Crippen LogP contribution in [0.3, 0.4) is 0 Å². The molecule has 0 spiro atoms. The predicted octanol–water partition coefficient (Wildman–Crippen LogP) is 5.09. The Morgan fingerprint density at radius 2 is 1.69 bits per heavy atom. The zero-order valence-electron chi connectivity index (χ0n) is 19.4. The van der Waals surface area contributed by atoms with E-state index in [1.54, 1.807) is 0 Å². The van der Waals surface area contributed by atoms with E-state index in [1.165, 1.54) is 67.0 Å². The average Bonchev–Trinajstić information content (AvgIpc) is 3.16. The van der Waals surface area contributed by atoms with E-state index in [0.29, 0.717) is 6.42 Å². The molecule has 0 atom stereocenters. The van der Waals surface area contributed by atoms with Crippen LogP contribution in [0.1, 0.15) is 45.4 Å². The lowest BCUT2D eigenvalue weighted by molar-refractivity contribution is -0.116. The smallest absolute Gasteiger partial charge is 0.225 e. The Morgan fingerprint density at radius 1 is 0.938 bits per heavy atom. The maximum atomic E-state index is 12.7. The van der Waals surface area contributed by atoms with Crippen molar-refractivity contribution in [2.75, 3.05) is 38.0 Å². The number of carbonyl (C=O) groups excluding carboxylic acids is 1. The summed E-state index contributed by atoms with van der Waals surface area (Å²) >= 11 is 0. The van der Waals surface area contributed by atoms with Gasteiger partial charge in [0.05, 0.1) is 0 Å². The van der Waals surface area contributed by atoms with E-state index in [4.69, 9.17) is 0 Å². The van der Waals surface area contributed by atoms with E-state index in [9.17, 15) is 4.79 Å². The molecule has 0 radical (unpaired) electrons. The number of aryl methyl sites for hydroxylation is 1. The summed E-state index contributed by atoms with van der Waals surface area (Å²) < 4.78 is 2.34. The molecule has 0 saturated carbocycles. The Balaban J connectivity index is 1.16. The lowest BCUT2D eigenvalue weighted by atomic mass is 10.00. The van der Waals surface area contributed by atoms with Gasteiger partial charge in [-0.3, -0.25) is 4.79 Å². The minimum absolute atomic E-state index is 0.113. The Morgan fingerprint density at radius 3 is 2.47 bits per heavy atom. The van der Waals surface area contributed by atoms with Gasteiger partial charge in [0.15, 0.2) is 0 Å². The first-order valence-electron chi connectivity index (χ1n) is 12.5. The molecule has 2 aliphatic rings. The molecule has 1 amide bonds. The van der Waals surface area contributed by atoms with E-state index in [2.05, 4.69) is 63.0 Å². The first-order valence-corrected chi connectivity index (χ1v) is 12.5. The van der Waals surface area contributed by atoms with Gasteiger partial charge in [-0.05, 0) is 83.1 Å². The molecule has 5 rings (SSSR count). The van der Waals surface area contributed by atoms with E-state index in [1.807, 2.05) is 6.07 Å². The van der Waals surface area contributed by atoms with Crippen LogP contribution < -0.4 is 5.32 Å². The summed E-state index contributed by atoms with van der Waals surface area (Å²) in [5.74, 6) is 0.113. The summed E-state index contributed by atoms with van der Waals surface area (Å²) in [5, 5.41) is 5.60. The third-order valence-corrected chi connectivity index (χ3v) is 7.49. The topological polar surface area (TPSA) is 40.5 Å². The van der Waals surface area contributed by atoms with Gasteiger partial charge in [0.25, 0.3) is 0 Å². The highest BCUT2D eigenvalue weighted by Gasteiger charge is 2.25. The molecule has 5 nitrogen and oxygen atoms in total. The number of benzene rings is 2. The molecule has 3 aromatic rings. The molecule has 2 fully saturated rings. The number of nitrogens with zero attached hydrogens (tertiary/aromatic N) is 3. The lowest BCUT2D eigenvalue weighted by Crippen LogP contribution is -2.47. The van der Waals surface area contributed by atoms with Crippen molar-refractivity contribution in [3.8, 4) is 0 Å². The van der Waals surface area contributed by atoms with Crippen molar-refractivity contribution in [2.24, 2.45) is 0 Å². The normalized spacial score (nSPS) is 19.0. The zero-order valence-corrected chi connectivity index (χ0v) is 19.4. The number of rotatable bonds is 6. The lowest BCUT2D eigenvalue weighted by Gasteiger charge is -2.40. The van der Waals surface area contributed by atoms with Gasteiger partial charge in [-0.15, -0.1) is 0 Å². The van der Waals surface area contributed by atoms with Crippen LogP contribution >= 0.6 is 0 Å². The number of carbonyl (C=O) groups is 1. The number of amides is 1. The Kier molecular flexibility index (Phi) is 6.47. The average molecular weight is 433 g/mol. The molecule has 0 bridgehead atoms. The number of fused-ring (bicyclic) bond motifs is 3. The Bertz CT molecular complexity index is 1070. The fraction of sp³-hybridized carbons (Fsp3) is 0.519. The quantitative estimate of drug-likeness (QED) is 0.590. The van der Waals surface area contributed by atoms with E-state index in [0.717, 1.165) is 37.9 Å². The first kappa shape index (κ1) is 21.5. The van der Waals surface area contributed by atoms with Crippen molar-refractivity contribution in [2.45, 2.75) is 58.0 Å². The van der Waals surface area contributed by atoms with Crippen molar-refractivity contribution < 1.29 is 4.79 Å². The standard InChI is InChI=1S/C27H36N4O/c1-2-31-25-9-5-4-8-23(25)24-20-21(10-11-26(24)31)28-27(32)14-19-29-17-12-22(13-18-29)30-15-6-3-7-16-30/h4-5,8-11,20,22H,2-3,6-7,12-19H2,1H3,(H,28,32). The second-order valence-corrected chi connectivity index (χ2v) is 9.46. The van der Waals surface area contributed by atoms with Crippen LogP contribution in [0.15, 0.2) is 42.5 Å². The van der Waals surface area contributed by atoms with Crippen LogP contribution in [0.2, 0.25) is 0 Å². The molecule has 1 N–H and O–H groups in total. The highest BCUT2D eigenvalue weighted by molar-refractivity contribution is 6.09. The SMILES string of the molecule is CCn1c2ccccc2c2cc(NC(=O)CCN3CCC(N4CCCCC4)CC3)ccc21. The minimum Gasteiger partial charge on any atom is -0.341 e. The number of para-hydroxylation sites is 1. The van der Waals surface area contributed by atoms with Gasteiger partial charge in [0, 0.05) is 53.0 Å². The summed E-state index contributed by atoms with van der Waals surface area (Å²) in [6.07, 6.45) is 7.19. The second-order valence-electron chi connectivity index (χ2n) is 9.46. The monoisotopic (exact) mass is 432 g/mol. The number of likely N-dealkylation sites (tertiary alicyclic amines) is 2. The maximum Gasteiger partial charge on any atom is 0.225 e. The first-order chi connectivity index (χ1) is 15.7. The molecule has 170 valence electrons. The summed E-state index contributed by atoms with van der Waals surface area (Å²) in [6, 6.07) is 15.6. The number of aromatic nitrogens is 1. The molecule has 1 aromatic heterocycles. The van der Waals surface area contributed by atoms with Crippen LogP contribution in [0, 0.1) is 0 Å². The molecule has 0 unspecified atom stereocenters. The fourth-order valence-corrected chi connectivity index (χ4v) is 5.75. The molecule has 2 saturated heterocycles. The molecule has 2 aromatic carbocycles. The number of anilines is 1. The van der Waals surface area contributed by atoms with Crippen molar-refractivity contribution in [1.82, 2.24) is 14.4 Å². The van der Waals surface area contributed by atoms with Crippen LogP contribution in [-0.4, -0.2) is 59.0 Å². The highest BCUT2D eigenvalue weighted by atomic mass is 16.1. The number of hydrogen-bond acceptors (Lipinski definition) is 3. The van der Waals surface area contributed by atoms with Gasteiger partial charge in [-0.2, -0.15) is 0 Å². The van der Waals surface area contributed by atoms with Gasteiger partial charge in [0.1, 0.15) is 0 Å². The predicted molar refractivity (Wildman–Crippen MR) is 133 cm³/mol. The molecular formula is C27H36N4O. The molecule has 32 heavy (non-hydrogen) atoms. The molecular weight excluding hydrogens is 396 g/mol. The van der Waals surface area contributed by atoms with Crippen LogP contribution in [-0.2, 0) is 11.3 Å². The summed E-state index contributed by atoms with van der Waals surface area (Å²) in [6.45, 7) is 8.79. The second kappa shape index (κ2) is 9.63. The molecule has 2 aliphatic heterocycles. The summed E-state index contributed by atoms with van der Waals surface area (Å²) in [5.41, 5.74) is 3.37. The van der Waals surface area contributed by atoms with Crippen LogP contribution in [0.5, 0.6) is 0 Å². The molecule has 5 heteroatoms. The van der Waals surface area contributed by atoms with Crippen molar-refractivity contribution >= 4 is 33.4 Å². The van der Waals surface area contributed by atoms with Crippen molar-refractivity contribution in [3.05, 3.63) is 42.5 Å². The Hall–Kier alpha value is -2.37. The van der Waals surface area contributed by atoms with Crippen LogP contribution in [0.25, 0.3) is 21.8 Å². The van der Waals surface area contributed by atoms with Crippen molar-refractivity contribution in [3.63, 3.8) is 0 Å². The van der Waals surface area contributed by atoms with E-state index in [-0.39, 0.29) is 5.91 Å². The Labute approximate surface area is 191 Å². The number of nitrogens with one attached hydrogen (secondary N) is 1. The summed E-state index contributed by atoms with van der Waals surface area (Å²) in [7, 11) is 0. The number of hydrogen-bond donors (Lipinski definition) is 1. The third kappa shape index (κ3) is 4.41. The van der Waals surface area contributed by atoms with Crippen molar-refractivity contribution in [1.29, 1.82) is 0 Å². The molecule has 0 aliphatic carbocycles. The van der Waals surface area contributed by atoms with Crippen LogP contribution in [0.4, 0.5) is 5.69 Å². The highest BCUT2D eigenvalue weighted by Crippen LogP contribution is 2.31. The summed E-state index contributed by atoms with van der Waals surface area (Å²) in [4.78, 5) is 17.9. The van der Waals surface area contributed by atoms with Gasteiger partial charge < -0.3 is 19.7 Å². The largest absolute Gasteiger partial charge is 0.341 e. The zero-order chi connectivity index (χ0) is 21.9. The number of piperidine rings is 2. The maximum absolute atomic E-state index is 12.7.